The number of nitrogens with zero attached hydrogens (tertiary/aromatic N) is 4. The number of aromatic nitrogens is 2. The van der Waals surface area contributed by atoms with Crippen molar-refractivity contribution in [1.82, 2.24) is 14.1 Å². The third-order valence-electron chi connectivity index (χ3n) is 6.05. The molecule has 1 saturated heterocycles. The predicted octanol–water partition coefficient (Wildman–Crippen LogP) is 3.76. The summed E-state index contributed by atoms with van der Waals surface area (Å²) >= 11 is 0. The molecule has 3 aromatic rings. The molecule has 0 bridgehead atoms. The van der Waals surface area contributed by atoms with Crippen LogP contribution >= 0.6 is 0 Å². The number of hydrogen-bond donors (Lipinski definition) is 0. The molecule has 0 spiro atoms. The summed E-state index contributed by atoms with van der Waals surface area (Å²) in [4.78, 5) is 2.48. The van der Waals surface area contributed by atoms with Gasteiger partial charge in [-0.05, 0) is 69.2 Å². The highest BCUT2D eigenvalue weighted by Gasteiger charge is 2.33. The topological polar surface area (TPSA) is 58.4 Å². The zero-order chi connectivity index (χ0) is 22.3. The summed E-state index contributed by atoms with van der Waals surface area (Å²) in [5.74, 6) is -0.347. The number of rotatable bonds is 4. The van der Waals surface area contributed by atoms with Crippen molar-refractivity contribution in [2.75, 3.05) is 31.1 Å². The molecule has 0 aliphatic carbocycles. The number of piperazine rings is 1. The maximum atomic E-state index is 13.5. The molecule has 6 nitrogen and oxygen atoms in total. The van der Waals surface area contributed by atoms with Crippen LogP contribution in [0.3, 0.4) is 0 Å². The maximum Gasteiger partial charge on any atom is 0.246 e. The zero-order valence-electron chi connectivity index (χ0n) is 18.3. The fourth-order valence-electron chi connectivity index (χ4n) is 4.21. The van der Waals surface area contributed by atoms with Crippen LogP contribution in [0.2, 0.25) is 0 Å². The van der Waals surface area contributed by atoms with E-state index in [2.05, 4.69) is 36.0 Å². The van der Waals surface area contributed by atoms with Gasteiger partial charge >= 0.3 is 0 Å². The molecule has 0 atom stereocenters. The number of anilines is 1. The van der Waals surface area contributed by atoms with Crippen molar-refractivity contribution in [3.63, 3.8) is 0 Å². The third-order valence-corrected chi connectivity index (χ3v) is 8.20. The quantitative estimate of drug-likeness (QED) is 0.617. The predicted molar refractivity (Wildman–Crippen MR) is 120 cm³/mol. The van der Waals surface area contributed by atoms with E-state index in [0.29, 0.717) is 43.3 Å². The second-order valence-corrected chi connectivity index (χ2v) is 9.87. The SMILES string of the molecule is Cc1cccc(N2CCN(S(=O)(=O)c3c(C)nn(-c4ccc(F)cc4)c3C)CC2)c1C. The minimum absolute atomic E-state index is 0.233. The number of sulfonamides is 1. The van der Waals surface area contributed by atoms with Crippen molar-refractivity contribution in [3.05, 3.63) is 70.8 Å². The minimum Gasteiger partial charge on any atom is -0.369 e. The molecular formula is C23H27FN4O2S. The van der Waals surface area contributed by atoms with E-state index in [0.717, 1.165) is 5.69 Å². The van der Waals surface area contributed by atoms with Crippen LogP contribution < -0.4 is 4.90 Å². The van der Waals surface area contributed by atoms with Gasteiger partial charge in [-0.1, -0.05) is 12.1 Å². The van der Waals surface area contributed by atoms with Crippen molar-refractivity contribution < 1.29 is 12.8 Å². The van der Waals surface area contributed by atoms with Gasteiger partial charge in [0.2, 0.25) is 10.0 Å². The van der Waals surface area contributed by atoms with Gasteiger partial charge in [0.25, 0.3) is 0 Å². The third kappa shape index (κ3) is 3.85. The molecule has 0 unspecified atom stereocenters. The Hall–Kier alpha value is -2.71. The molecule has 0 saturated carbocycles. The van der Waals surface area contributed by atoms with E-state index >= 15 is 0 Å². The Morgan fingerprint density at radius 3 is 2.19 bits per heavy atom. The largest absolute Gasteiger partial charge is 0.369 e. The first-order valence-corrected chi connectivity index (χ1v) is 11.8. The lowest BCUT2D eigenvalue weighted by Gasteiger charge is -2.36. The van der Waals surface area contributed by atoms with Crippen LogP contribution in [0.15, 0.2) is 47.4 Å². The van der Waals surface area contributed by atoms with Crippen molar-refractivity contribution in [3.8, 4) is 5.69 Å². The van der Waals surface area contributed by atoms with E-state index in [4.69, 9.17) is 0 Å². The molecule has 1 fully saturated rings. The van der Waals surface area contributed by atoms with Gasteiger partial charge < -0.3 is 4.90 Å². The highest BCUT2D eigenvalue weighted by molar-refractivity contribution is 7.89. The molecule has 1 aliphatic rings. The van der Waals surface area contributed by atoms with Crippen LogP contribution in [0, 0.1) is 33.5 Å². The monoisotopic (exact) mass is 442 g/mol. The van der Waals surface area contributed by atoms with Gasteiger partial charge in [0.15, 0.2) is 0 Å². The molecule has 1 aromatic heterocycles. The molecule has 2 heterocycles. The minimum atomic E-state index is -3.69. The van der Waals surface area contributed by atoms with Gasteiger partial charge in [0, 0.05) is 31.9 Å². The number of aryl methyl sites for hydroxylation is 2. The number of halogens is 1. The first kappa shape index (κ1) is 21.5. The Labute approximate surface area is 183 Å². The summed E-state index contributed by atoms with van der Waals surface area (Å²) in [6.07, 6.45) is 0. The average molecular weight is 443 g/mol. The van der Waals surface area contributed by atoms with Gasteiger partial charge in [-0.15, -0.1) is 0 Å². The second kappa shape index (κ2) is 8.09. The standard InChI is InChI=1S/C23H27FN4O2S/c1-16-6-5-7-22(17(16)2)26-12-14-27(15-13-26)31(29,30)23-18(3)25-28(19(23)4)21-10-8-20(24)9-11-21/h5-11H,12-15H2,1-4H3. The molecular weight excluding hydrogens is 415 g/mol. The van der Waals surface area contributed by atoms with E-state index in [1.807, 2.05) is 6.07 Å². The van der Waals surface area contributed by atoms with Crippen molar-refractivity contribution >= 4 is 15.7 Å². The van der Waals surface area contributed by atoms with Gasteiger partial charge in [-0.25, -0.2) is 17.5 Å². The first-order valence-electron chi connectivity index (χ1n) is 10.3. The molecule has 164 valence electrons. The highest BCUT2D eigenvalue weighted by Crippen LogP contribution is 2.29. The van der Waals surface area contributed by atoms with Crippen LogP contribution in [0.25, 0.3) is 5.69 Å². The molecule has 0 amide bonds. The van der Waals surface area contributed by atoms with E-state index in [9.17, 15) is 12.8 Å². The first-order chi connectivity index (χ1) is 14.7. The van der Waals surface area contributed by atoms with Crippen molar-refractivity contribution in [2.45, 2.75) is 32.6 Å². The Balaban J connectivity index is 1.59. The Kier molecular flexibility index (Phi) is 5.61. The average Bonchev–Trinajstić information content (AvgIpc) is 3.05. The lowest BCUT2D eigenvalue weighted by Crippen LogP contribution is -2.49. The molecule has 4 rings (SSSR count). The molecule has 0 radical (unpaired) electrons. The summed E-state index contributed by atoms with van der Waals surface area (Å²) in [6, 6.07) is 12.1. The van der Waals surface area contributed by atoms with Crippen LogP contribution in [0.4, 0.5) is 10.1 Å². The van der Waals surface area contributed by atoms with E-state index in [1.54, 1.807) is 35.0 Å². The van der Waals surface area contributed by atoms with E-state index < -0.39 is 10.0 Å². The lowest BCUT2D eigenvalue weighted by molar-refractivity contribution is 0.384. The number of benzene rings is 2. The van der Waals surface area contributed by atoms with Gasteiger partial charge in [-0.3, -0.25) is 0 Å². The van der Waals surface area contributed by atoms with E-state index in [1.165, 1.54) is 23.3 Å². The normalized spacial score (nSPS) is 15.5. The van der Waals surface area contributed by atoms with Crippen LogP contribution in [0.1, 0.15) is 22.5 Å². The van der Waals surface area contributed by atoms with Gasteiger partial charge in [0.1, 0.15) is 10.7 Å². The van der Waals surface area contributed by atoms with Gasteiger partial charge in [0.05, 0.1) is 17.1 Å². The maximum absolute atomic E-state index is 13.5. The molecule has 31 heavy (non-hydrogen) atoms. The van der Waals surface area contributed by atoms with E-state index in [-0.39, 0.29) is 10.7 Å². The molecule has 2 aromatic carbocycles. The second-order valence-electron chi connectivity index (χ2n) is 8.00. The van der Waals surface area contributed by atoms with Crippen LogP contribution in [-0.2, 0) is 10.0 Å². The molecule has 8 heteroatoms. The molecule has 1 aliphatic heterocycles. The summed E-state index contributed by atoms with van der Waals surface area (Å²) in [5.41, 5.74) is 5.22. The van der Waals surface area contributed by atoms with Crippen LogP contribution in [-0.4, -0.2) is 48.7 Å². The fourth-order valence-corrected chi connectivity index (χ4v) is 5.99. The Bertz CT molecular complexity index is 1210. The molecule has 0 N–H and O–H groups in total. The summed E-state index contributed by atoms with van der Waals surface area (Å²) < 4.78 is 43.4. The lowest BCUT2D eigenvalue weighted by atomic mass is 10.1. The summed E-state index contributed by atoms with van der Waals surface area (Å²) in [6.45, 7) is 9.72. The van der Waals surface area contributed by atoms with Crippen LogP contribution in [0.5, 0.6) is 0 Å². The van der Waals surface area contributed by atoms with Crippen molar-refractivity contribution in [1.29, 1.82) is 0 Å². The smallest absolute Gasteiger partial charge is 0.246 e. The Morgan fingerprint density at radius 2 is 1.55 bits per heavy atom. The summed E-state index contributed by atoms with van der Waals surface area (Å²) in [5, 5.41) is 4.43. The zero-order valence-corrected chi connectivity index (χ0v) is 19.1. The summed E-state index contributed by atoms with van der Waals surface area (Å²) in [7, 11) is -3.69. The number of hydrogen-bond acceptors (Lipinski definition) is 4. The Morgan fingerprint density at radius 1 is 0.903 bits per heavy atom. The fraction of sp³-hybridized carbons (Fsp3) is 0.348. The highest BCUT2D eigenvalue weighted by atomic mass is 32.2. The van der Waals surface area contributed by atoms with Crippen molar-refractivity contribution in [2.24, 2.45) is 0 Å². The van der Waals surface area contributed by atoms with Gasteiger partial charge in [-0.2, -0.15) is 9.40 Å².